The van der Waals surface area contributed by atoms with Gasteiger partial charge >= 0.3 is 0 Å². The molecular weight excluding hydrogens is 285 g/mol. The van der Waals surface area contributed by atoms with Crippen LogP contribution in [0.15, 0.2) is 30.3 Å². The number of carbonyl (C=O) groups excluding carboxylic acids is 1. The number of nitrogens with two attached hydrogens (primary N) is 1. The number of nitrogen functional groups attached to an aromatic ring is 1. The van der Waals surface area contributed by atoms with Crippen molar-refractivity contribution in [2.75, 3.05) is 12.8 Å². The molecule has 0 atom stereocenters. The van der Waals surface area contributed by atoms with Gasteiger partial charge < -0.3 is 15.8 Å². The lowest BCUT2D eigenvalue weighted by Crippen LogP contribution is -2.19. The second-order valence-corrected chi connectivity index (χ2v) is 4.26. The van der Waals surface area contributed by atoms with Gasteiger partial charge in [0.05, 0.1) is 5.69 Å². The van der Waals surface area contributed by atoms with Gasteiger partial charge in [-0.05, 0) is 12.1 Å². The molecule has 3 N–H and O–H groups in total. The summed E-state index contributed by atoms with van der Waals surface area (Å²) in [5.41, 5.74) is 5.50. The third-order valence-corrected chi connectivity index (χ3v) is 2.63. The maximum Gasteiger partial charge on any atom is 0.269 e. The van der Waals surface area contributed by atoms with Gasteiger partial charge in [0, 0.05) is 25.2 Å². The van der Waals surface area contributed by atoms with Crippen LogP contribution in [-0.4, -0.2) is 17.9 Å². The van der Waals surface area contributed by atoms with Crippen LogP contribution >= 0.6 is 11.6 Å². The standard InChI is InChI=1S/C13H11ClFN3O2/c1-17-13(19)11-5-8(6-12(14)18-11)20-7-2-3-10(16)9(15)4-7/h2-6H,16H2,1H3,(H,17,19). The maximum atomic E-state index is 13.3. The quantitative estimate of drug-likeness (QED) is 0.674. The lowest BCUT2D eigenvalue weighted by molar-refractivity contribution is 0.0958. The molecule has 0 aliphatic rings. The number of nitrogens with zero attached hydrogens (tertiary/aromatic N) is 1. The molecule has 0 aliphatic carbocycles. The van der Waals surface area contributed by atoms with E-state index in [0.29, 0.717) is 0 Å². The molecule has 5 nitrogen and oxygen atoms in total. The van der Waals surface area contributed by atoms with Gasteiger partial charge in [0.2, 0.25) is 0 Å². The van der Waals surface area contributed by atoms with E-state index in [1.165, 1.54) is 31.3 Å². The Morgan fingerprint density at radius 2 is 2.10 bits per heavy atom. The van der Waals surface area contributed by atoms with Crippen LogP contribution in [-0.2, 0) is 0 Å². The SMILES string of the molecule is CNC(=O)c1cc(Oc2ccc(N)c(F)c2)cc(Cl)n1. The fourth-order valence-electron chi connectivity index (χ4n) is 1.48. The van der Waals surface area contributed by atoms with Gasteiger partial charge in [0.15, 0.2) is 0 Å². The summed E-state index contributed by atoms with van der Waals surface area (Å²) in [5.74, 6) is -0.482. The normalized spacial score (nSPS) is 10.2. The maximum absolute atomic E-state index is 13.3. The summed E-state index contributed by atoms with van der Waals surface area (Å²) < 4.78 is 18.7. The molecule has 1 aromatic heterocycles. The van der Waals surface area contributed by atoms with E-state index in [-0.39, 0.29) is 28.0 Å². The molecule has 2 aromatic rings. The summed E-state index contributed by atoms with van der Waals surface area (Å²) in [7, 11) is 1.47. The van der Waals surface area contributed by atoms with Gasteiger partial charge in [-0.3, -0.25) is 4.79 Å². The Morgan fingerprint density at radius 3 is 2.75 bits per heavy atom. The number of pyridine rings is 1. The Labute approximate surface area is 119 Å². The van der Waals surface area contributed by atoms with Crippen LogP contribution in [0, 0.1) is 5.82 Å². The van der Waals surface area contributed by atoms with E-state index in [1.54, 1.807) is 0 Å². The summed E-state index contributed by atoms with van der Waals surface area (Å²) in [6.45, 7) is 0. The van der Waals surface area contributed by atoms with Crippen molar-refractivity contribution < 1.29 is 13.9 Å². The van der Waals surface area contributed by atoms with E-state index in [0.717, 1.165) is 6.07 Å². The Hall–Kier alpha value is -2.34. The molecule has 0 bridgehead atoms. The average Bonchev–Trinajstić information content (AvgIpc) is 2.41. The number of carbonyl (C=O) groups is 1. The Bertz CT molecular complexity index is 664. The van der Waals surface area contributed by atoms with Gasteiger partial charge in [-0.1, -0.05) is 11.6 Å². The van der Waals surface area contributed by atoms with E-state index in [4.69, 9.17) is 22.1 Å². The number of aromatic nitrogens is 1. The summed E-state index contributed by atoms with van der Waals surface area (Å²) >= 11 is 5.81. The molecule has 2 rings (SSSR count). The number of amides is 1. The molecule has 0 saturated heterocycles. The van der Waals surface area contributed by atoms with Gasteiger partial charge in [-0.25, -0.2) is 9.37 Å². The highest BCUT2D eigenvalue weighted by Gasteiger charge is 2.10. The van der Waals surface area contributed by atoms with Crippen molar-refractivity contribution in [3.05, 3.63) is 47.0 Å². The lowest BCUT2D eigenvalue weighted by Gasteiger charge is -2.08. The van der Waals surface area contributed by atoms with E-state index in [2.05, 4.69) is 10.3 Å². The first-order valence-electron chi connectivity index (χ1n) is 5.62. The van der Waals surface area contributed by atoms with Crippen LogP contribution < -0.4 is 15.8 Å². The topological polar surface area (TPSA) is 77.2 Å². The molecule has 0 spiro atoms. The minimum Gasteiger partial charge on any atom is -0.457 e. The number of anilines is 1. The largest absolute Gasteiger partial charge is 0.457 e. The van der Waals surface area contributed by atoms with Crippen molar-refractivity contribution in [3.8, 4) is 11.5 Å². The van der Waals surface area contributed by atoms with Crippen LogP contribution in [0.25, 0.3) is 0 Å². The smallest absolute Gasteiger partial charge is 0.269 e. The monoisotopic (exact) mass is 295 g/mol. The van der Waals surface area contributed by atoms with Crippen LogP contribution in [0.3, 0.4) is 0 Å². The van der Waals surface area contributed by atoms with Crippen molar-refractivity contribution in [3.63, 3.8) is 0 Å². The Balaban J connectivity index is 2.31. The third kappa shape index (κ3) is 3.16. The first kappa shape index (κ1) is 14.1. The molecular formula is C13H11ClFN3O2. The van der Waals surface area contributed by atoms with E-state index in [1.807, 2.05) is 0 Å². The van der Waals surface area contributed by atoms with Crippen LogP contribution in [0.2, 0.25) is 5.15 Å². The minimum atomic E-state index is -0.589. The summed E-state index contributed by atoms with van der Waals surface area (Å²) in [5, 5.41) is 2.52. The van der Waals surface area contributed by atoms with Gasteiger partial charge in [-0.15, -0.1) is 0 Å². The number of hydrogen-bond donors (Lipinski definition) is 2. The molecule has 20 heavy (non-hydrogen) atoms. The minimum absolute atomic E-state index is 0.0242. The zero-order valence-electron chi connectivity index (χ0n) is 10.5. The lowest BCUT2D eigenvalue weighted by atomic mass is 10.3. The Morgan fingerprint density at radius 1 is 1.35 bits per heavy atom. The summed E-state index contributed by atoms with van der Waals surface area (Å²) in [6, 6.07) is 6.85. The van der Waals surface area contributed by atoms with Crippen LogP contribution in [0.4, 0.5) is 10.1 Å². The second kappa shape index (κ2) is 5.75. The summed E-state index contributed by atoms with van der Waals surface area (Å²) in [4.78, 5) is 15.4. The number of nitrogens with one attached hydrogen (secondary N) is 1. The molecule has 0 radical (unpaired) electrons. The molecule has 104 valence electrons. The van der Waals surface area contributed by atoms with Crippen LogP contribution in [0.1, 0.15) is 10.5 Å². The predicted molar refractivity (Wildman–Crippen MR) is 73.5 cm³/mol. The van der Waals surface area contributed by atoms with Crippen molar-refractivity contribution in [2.24, 2.45) is 0 Å². The number of ether oxygens (including phenoxy) is 1. The third-order valence-electron chi connectivity index (χ3n) is 2.43. The first-order valence-corrected chi connectivity index (χ1v) is 6.00. The van der Waals surface area contributed by atoms with E-state index < -0.39 is 11.7 Å². The number of benzene rings is 1. The molecule has 1 aromatic carbocycles. The molecule has 0 aliphatic heterocycles. The van der Waals surface area contributed by atoms with Crippen molar-refractivity contribution in [1.82, 2.24) is 10.3 Å². The molecule has 1 heterocycles. The van der Waals surface area contributed by atoms with Crippen LogP contribution in [0.5, 0.6) is 11.5 Å². The number of hydrogen-bond acceptors (Lipinski definition) is 4. The van der Waals surface area contributed by atoms with Crippen molar-refractivity contribution in [1.29, 1.82) is 0 Å². The highest BCUT2D eigenvalue weighted by molar-refractivity contribution is 6.29. The van der Waals surface area contributed by atoms with Crippen molar-refractivity contribution >= 4 is 23.2 Å². The molecule has 0 saturated carbocycles. The molecule has 0 unspecified atom stereocenters. The first-order chi connectivity index (χ1) is 9.49. The number of halogens is 2. The zero-order valence-corrected chi connectivity index (χ0v) is 11.2. The molecule has 0 fully saturated rings. The fraction of sp³-hybridized carbons (Fsp3) is 0.0769. The highest BCUT2D eigenvalue weighted by Crippen LogP contribution is 2.26. The average molecular weight is 296 g/mol. The predicted octanol–water partition coefficient (Wildman–Crippen LogP) is 2.61. The van der Waals surface area contributed by atoms with Gasteiger partial charge in [-0.2, -0.15) is 0 Å². The fourth-order valence-corrected chi connectivity index (χ4v) is 1.68. The van der Waals surface area contributed by atoms with Gasteiger partial charge in [0.25, 0.3) is 5.91 Å². The molecule has 1 amide bonds. The Kier molecular flexibility index (Phi) is 4.05. The molecule has 7 heteroatoms. The highest BCUT2D eigenvalue weighted by atomic mass is 35.5. The second-order valence-electron chi connectivity index (χ2n) is 3.88. The zero-order chi connectivity index (χ0) is 14.7. The van der Waals surface area contributed by atoms with E-state index in [9.17, 15) is 9.18 Å². The van der Waals surface area contributed by atoms with E-state index >= 15 is 0 Å². The number of rotatable bonds is 3. The van der Waals surface area contributed by atoms with Gasteiger partial charge in [0.1, 0.15) is 28.2 Å². The van der Waals surface area contributed by atoms with Crippen molar-refractivity contribution in [2.45, 2.75) is 0 Å². The summed E-state index contributed by atoms with van der Waals surface area (Å²) in [6.07, 6.45) is 0.